The van der Waals surface area contributed by atoms with Gasteiger partial charge in [-0.2, -0.15) is 0 Å². The van der Waals surface area contributed by atoms with E-state index >= 15 is 0 Å². The number of fused-ring (bicyclic) bond motifs is 1. The molecule has 2 heterocycles. The van der Waals surface area contributed by atoms with Gasteiger partial charge in [0, 0.05) is 36.1 Å². The van der Waals surface area contributed by atoms with E-state index in [1.54, 1.807) is 7.11 Å². The Hall–Kier alpha value is -2.72. The summed E-state index contributed by atoms with van der Waals surface area (Å²) in [6, 6.07) is 19.4. The highest BCUT2D eigenvalue weighted by molar-refractivity contribution is 5.75. The van der Waals surface area contributed by atoms with Gasteiger partial charge in [-0.3, -0.25) is 5.01 Å². The van der Waals surface area contributed by atoms with Crippen molar-refractivity contribution in [1.82, 2.24) is 9.99 Å². The van der Waals surface area contributed by atoms with E-state index in [-0.39, 0.29) is 0 Å². The normalized spacial score (nSPS) is 16.6. The molecular weight excluding hydrogens is 334 g/mol. The lowest BCUT2D eigenvalue weighted by atomic mass is 10.1. The summed E-state index contributed by atoms with van der Waals surface area (Å²) in [6.07, 6.45) is 2.71. The van der Waals surface area contributed by atoms with Gasteiger partial charge in [0.25, 0.3) is 0 Å². The second-order valence-corrected chi connectivity index (χ2v) is 7.67. The first kappa shape index (κ1) is 16.5. The van der Waals surface area contributed by atoms with Crippen LogP contribution < -0.4 is 9.75 Å². The molecule has 1 saturated carbocycles. The van der Waals surface area contributed by atoms with Crippen LogP contribution in [0.15, 0.2) is 54.6 Å². The molecule has 1 aliphatic carbocycles. The topological polar surface area (TPSA) is 31.5 Å². The molecule has 0 atom stereocenters. The predicted molar refractivity (Wildman–Crippen MR) is 109 cm³/mol. The molecule has 1 aromatic heterocycles. The number of anilines is 2. The van der Waals surface area contributed by atoms with Crippen molar-refractivity contribution in [3.63, 3.8) is 0 Å². The number of hydrogen-bond acceptors (Lipinski definition) is 3. The molecule has 0 bridgehead atoms. The first-order chi connectivity index (χ1) is 13.2. The number of aromatic nitrogens is 1. The fourth-order valence-corrected chi connectivity index (χ4v) is 4.01. The maximum Gasteiger partial charge on any atom is 0.130 e. The fraction of sp³-hybridized carbons (Fsp3) is 0.304. The zero-order chi connectivity index (χ0) is 18.4. The molecule has 4 nitrogen and oxygen atoms in total. The maximum absolute atomic E-state index is 5.76. The predicted octanol–water partition coefficient (Wildman–Crippen LogP) is 5.28. The highest BCUT2D eigenvalue weighted by Crippen LogP contribution is 2.42. The third kappa shape index (κ3) is 3.00. The third-order valence-corrected chi connectivity index (χ3v) is 5.57. The zero-order valence-electron chi connectivity index (χ0n) is 15.9. The number of rotatable bonds is 5. The van der Waals surface area contributed by atoms with E-state index < -0.39 is 0 Å². The smallest absolute Gasteiger partial charge is 0.130 e. The Balaban J connectivity index is 1.55. The summed E-state index contributed by atoms with van der Waals surface area (Å²) in [5, 5.41) is 4.86. The standard InChI is InChI=1S/C23H25N3O/c1-16-7-12-21(24-16)20-11-10-19(13-23(20)27-2)26-22-6-4-3-5-18(22)15-25(26)14-17-8-9-17/h3-7,10-13,17,24H,8-9,14-15H2,1-2H3. The van der Waals surface area contributed by atoms with E-state index in [9.17, 15) is 0 Å². The molecule has 0 radical (unpaired) electrons. The van der Waals surface area contributed by atoms with Gasteiger partial charge in [0.1, 0.15) is 5.75 Å². The van der Waals surface area contributed by atoms with Crippen molar-refractivity contribution in [3.8, 4) is 17.0 Å². The summed E-state index contributed by atoms with van der Waals surface area (Å²) in [7, 11) is 1.75. The number of hydrogen-bond donors (Lipinski definition) is 1. The Bertz CT molecular complexity index is 973. The molecule has 4 heteroatoms. The van der Waals surface area contributed by atoms with Crippen molar-refractivity contribution in [2.45, 2.75) is 26.3 Å². The van der Waals surface area contributed by atoms with Gasteiger partial charge in [-0.05, 0) is 61.6 Å². The zero-order valence-corrected chi connectivity index (χ0v) is 15.9. The average Bonchev–Trinajstić information content (AvgIpc) is 3.27. The van der Waals surface area contributed by atoms with Gasteiger partial charge in [0.05, 0.1) is 18.5 Å². The molecule has 138 valence electrons. The lowest BCUT2D eigenvalue weighted by Crippen LogP contribution is -2.35. The van der Waals surface area contributed by atoms with Crippen LogP contribution in [0, 0.1) is 12.8 Å². The molecule has 3 aromatic rings. The number of benzene rings is 2. The minimum Gasteiger partial charge on any atom is -0.496 e. The molecule has 0 unspecified atom stereocenters. The largest absolute Gasteiger partial charge is 0.496 e. The van der Waals surface area contributed by atoms with E-state index in [1.807, 2.05) is 0 Å². The Morgan fingerprint density at radius 1 is 1.07 bits per heavy atom. The number of aryl methyl sites for hydroxylation is 1. The van der Waals surface area contributed by atoms with Crippen LogP contribution >= 0.6 is 0 Å². The molecule has 2 aliphatic rings. The number of ether oxygens (including phenoxy) is 1. The summed E-state index contributed by atoms with van der Waals surface area (Å²) in [5.74, 6) is 1.73. The molecule has 2 aromatic carbocycles. The summed E-state index contributed by atoms with van der Waals surface area (Å²) in [4.78, 5) is 3.41. The van der Waals surface area contributed by atoms with Crippen molar-refractivity contribution >= 4 is 11.4 Å². The van der Waals surface area contributed by atoms with Gasteiger partial charge in [0.2, 0.25) is 0 Å². The monoisotopic (exact) mass is 359 g/mol. The van der Waals surface area contributed by atoms with E-state index in [1.165, 1.54) is 24.1 Å². The van der Waals surface area contributed by atoms with Gasteiger partial charge in [-0.25, -0.2) is 5.01 Å². The average molecular weight is 359 g/mol. The van der Waals surface area contributed by atoms with Crippen LogP contribution in [-0.2, 0) is 6.54 Å². The van der Waals surface area contributed by atoms with Crippen LogP contribution in [0.3, 0.4) is 0 Å². The van der Waals surface area contributed by atoms with Crippen molar-refractivity contribution in [2.24, 2.45) is 5.92 Å². The summed E-state index contributed by atoms with van der Waals surface area (Å²) in [5.41, 5.74) is 7.16. The molecule has 5 rings (SSSR count). The number of para-hydroxylation sites is 1. The number of aromatic amines is 1. The Kier molecular flexibility index (Phi) is 3.94. The van der Waals surface area contributed by atoms with Gasteiger partial charge in [0.15, 0.2) is 0 Å². The maximum atomic E-state index is 5.76. The van der Waals surface area contributed by atoms with Crippen molar-refractivity contribution in [2.75, 3.05) is 18.7 Å². The molecular formula is C23H25N3O. The number of methoxy groups -OCH3 is 1. The molecule has 27 heavy (non-hydrogen) atoms. The molecule has 1 aliphatic heterocycles. The van der Waals surface area contributed by atoms with E-state index in [0.29, 0.717) is 0 Å². The molecule has 0 spiro atoms. The van der Waals surface area contributed by atoms with Crippen molar-refractivity contribution in [3.05, 3.63) is 65.9 Å². The van der Waals surface area contributed by atoms with Crippen LogP contribution in [0.1, 0.15) is 24.1 Å². The SMILES string of the molecule is COc1cc(N2c3ccccc3CN2CC2CC2)ccc1-c1ccc(C)[nH]1. The second kappa shape index (κ2) is 6.46. The summed E-state index contributed by atoms with van der Waals surface area (Å²) >= 11 is 0. The molecule has 0 amide bonds. The van der Waals surface area contributed by atoms with Gasteiger partial charge in [-0.1, -0.05) is 18.2 Å². The van der Waals surface area contributed by atoms with Crippen molar-refractivity contribution in [1.29, 1.82) is 0 Å². The van der Waals surface area contributed by atoms with Crippen LogP contribution in [0.5, 0.6) is 5.75 Å². The fourth-order valence-electron chi connectivity index (χ4n) is 4.01. The molecule has 1 N–H and O–H groups in total. The van der Waals surface area contributed by atoms with Crippen molar-refractivity contribution < 1.29 is 4.74 Å². The van der Waals surface area contributed by atoms with Crippen LogP contribution in [-0.4, -0.2) is 23.6 Å². The van der Waals surface area contributed by atoms with Crippen LogP contribution in [0.4, 0.5) is 11.4 Å². The highest BCUT2D eigenvalue weighted by Gasteiger charge is 2.33. The molecule has 0 saturated heterocycles. The van der Waals surface area contributed by atoms with Crippen LogP contribution in [0.25, 0.3) is 11.3 Å². The lowest BCUT2D eigenvalue weighted by molar-refractivity contribution is 0.279. The number of hydrazine groups is 1. The Morgan fingerprint density at radius 2 is 1.93 bits per heavy atom. The Morgan fingerprint density at radius 3 is 2.67 bits per heavy atom. The van der Waals surface area contributed by atoms with E-state index in [0.717, 1.165) is 47.4 Å². The van der Waals surface area contributed by atoms with E-state index in [2.05, 4.69) is 76.5 Å². The van der Waals surface area contributed by atoms with Crippen LogP contribution in [0.2, 0.25) is 0 Å². The Labute approximate surface area is 160 Å². The molecule has 1 fully saturated rings. The summed E-state index contributed by atoms with van der Waals surface area (Å²) in [6.45, 7) is 4.17. The van der Waals surface area contributed by atoms with Gasteiger partial charge >= 0.3 is 0 Å². The van der Waals surface area contributed by atoms with Gasteiger partial charge < -0.3 is 9.72 Å². The first-order valence-corrected chi connectivity index (χ1v) is 9.70. The summed E-state index contributed by atoms with van der Waals surface area (Å²) < 4.78 is 5.76. The first-order valence-electron chi connectivity index (χ1n) is 9.70. The minimum absolute atomic E-state index is 0.838. The number of nitrogens with zero attached hydrogens (tertiary/aromatic N) is 2. The van der Waals surface area contributed by atoms with Gasteiger partial charge in [-0.15, -0.1) is 0 Å². The number of nitrogens with one attached hydrogen (secondary N) is 1. The quantitative estimate of drug-likeness (QED) is 0.673. The number of H-pyrrole nitrogens is 1. The van der Waals surface area contributed by atoms with E-state index in [4.69, 9.17) is 4.74 Å². The highest BCUT2D eigenvalue weighted by atomic mass is 16.5. The second-order valence-electron chi connectivity index (χ2n) is 7.67. The minimum atomic E-state index is 0.838. The third-order valence-electron chi connectivity index (χ3n) is 5.57. The lowest BCUT2D eigenvalue weighted by Gasteiger charge is -2.31.